The first-order valence-corrected chi connectivity index (χ1v) is 10.8. The SMILES string of the molecule is Cc1[nH]c(C(=O)NC2Cc3ccccc3C2)c(C)c1-c1ccnc(Nc2ccccc2)n1. The van der Waals surface area contributed by atoms with Crippen molar-refractivity contribution >= 4 is 17.5 Å². The zero-order chi connectivity index (χ0) is 22.1. The van der Waals surface area contributed by atoms with Crippen LogP contribution in [0, 0.1) is 13.8 Å². The second kappa shape index (κ2) is 8.30. The predicted molar refractivity (Wildman–Crippen MR) is 126 cm³/mol. The van der Waals surface area contributed by atoms with Crippen LogP contribution in [0.2, 0.25) is 0 Å². The number of para-hydroxylation sites is 1. The molecule has 160 valence electrons. The van der Waals surface area contributed by atoms with Crippen LogP contribution in [0.1, 0.15) is 32.9 Å². The molecular weight excluding hydrogens is 398 g/mol. The molecule has 3 N–H and O–H groups in total. The smallest absolute Gasteiger partial charge is 0.268 e. The number of anilines is 2. The van der Waals surface area contributed by atoms with E-state index in [4.69, 9.17) is 0 Å². The van der Waals surface area contributed by atoms with E-state index in [9.17, 15) is 4.79 Å². The van der Waals surface area contributed by atoms with Gasteiger partial charge in [0.1, 0.15) is 5.69 Å². The number of carbonyl (C=O) groups excluding carboxylic acids is 1. The highest BCUT2D eigenvalue weighted by Crippen LogP contribution is 2.29. The van der Waals surface area contributed by atoms with Crippen molar-refractivity contribution < 1.29 is 4.79 Å². The van der Waals surface area contributed by atoms with E-state index in [1.54, 1.807) is 6.20 Å². The number of amides is 1. The molecule has 32 heavy (non-hydrogen) atoms. The Hall–Kier alpha value is -3.93. The van der Waals surface area contributed by atoms with Crippen LogP contribution in [0.5, 0.6) is 0 Å². The van der Waals surface area contributed by atoms with E-state index in [2.05, 4.69) is 49.9 Å². The number of hydrogen-bond donors (Lipinski definition) is 3. The first-order chi connectivity index (χ1) is 15.6. The summed E-state index contributed by atoms with van der Waals surface area (Å²) in [6, 6.07) is 20.2. The maximum atomic E-state index is 13.1. The fourth-order valence-electron chi connectivity index (χ4n) is 4.49. The molecule has 0 fully saturated rings. The van der Waals surface area contributed by atoms with E-state index < -0.39 is 0 Å². The van der Waals surface area contributed by atoms with Crippen molar-refractivity contribution in [1.29, 1.82) is 0 Å². The molecule has 0 saturated carbocycles. The molecule has 0 bridgehead atoms. The van der Waals surface area contributed by atoms with Crippen LogP contribution in [-0.2, 0) is 12.8 Å². The summed E-state index contributed by atoms with van der Waals surface area (Å²) in [5.74, 6) is 0.440. The summed E-state index contributed by atoms with van der Waals surface area (Å²) >= 11 is 0. The Morgan fingerprint density at radius 3 is 2.38 bits per heavy atom. The highest BCUT2D eigenvalue weighted by molar-refractivity contribution is 5.96. The molecule has 1 aliphatic rings. The molecule has 6 heteroatoms. The van der Waals surface area contributed by atoms with E-state index in [0.717, 1.165) is 41.0 Å². The molecule has 1 amide bonds. The Balaban J connectivity index is 1.36. The molecule has 2 aromatic heterocycles. The molecule has 0 saturated heterocycles. The quantitative estimate of drug-likeness (QED) is 0.433. The van der Waals surface area contributed by atoms with Gasteiger partial charge in [0.25, 0.3) is 5.91 Å². The first kappa shape index (κ1) is 20.0. The molecule has 0 unspecified atom stereocenters. The molecule has 0 atom stereocenters. The molecule has 1 aliphatic carbocycles. The number of hydrogen-bond acceptors (Lipinski definition) is 4. The van der Waals surface area contributed by atoms with Crippen LogP contribution in [0.4, 0.5) is 11.6 Å². The Bertz CT molecular complexity index is 1250. The van der Waals surface area contributed by atoms with Crippen LogP contribution in [0.3, 0.4) is 0 Å². The second-order valence-electron chi connectivity index (χ2n) is 8.23. The standard InChI is InChI=1S/C26H25N5O/c1-16-23(22-12-13-27-26(31-22)30-20-10-4-3-5-11-20)17(2)28-24(16)25(32)29-21-14-18-8-6-7-9-19(18)15-21/h3-13,21,28H,14-15H2,1-2H3,(H,29,32)(H,27,30,31). The largest absolute Gasteiger partial charge is 0.354 e. The minimum atomic E-state index is -0.0775. The zero-order valence-corrected chi connectivity index (χ0v) is 18.1. The van der Waals surface area contributed by atoms with Crippen LogP contribution < -0.4 is 10.6 Å². The fourth-order valence-corrected chi connectivity index (χ4v) is 4.49. The number of aromatic nitrogens is 3. The summed E-state index contributed by atoms with van der Waals surface area (Å²) in [5.41, 5.74) is 7.65. The van der Waals surface area contributed by atoms with Gasteiger partial charge in [0.05, 0.1) is 5.69 Å². The van der Waals surface area contributed by atoms with Gasteiger partial charge < -0.3 is 15.6 Å². The van der Waals surface area contributed by atoms with Crippen molar-refractivity contribution in [3.8, 4) is 11.3 Å². The van der Waals surface area contributed by atoms with Crippen molar-refractivity contribution in [1.82, 2.24) is 20.3 Å². The number of fused-ring (bicyclic) bond motifs is 1. The lowest BCUT2D eigenvalue weighted by atomic mass is 10.1. The van der Waals surface area contributed by atoms with Crippen LogP contribution in [-0.4, -0.2) is 26.9 Å². The normalized spacial score (nSPS) is 13.1. The number of rotatable bonds is 5. The van der Waals surface area contributed by atoms with E-state index in [1.165, 1.54) is 11.1 Å². The van der Waals surface area contributed by atoms with Gasteiger partial charge in [-0.15, -0.1) is 0 Å². The minimum Gasteiger partial charge on any atom is -0.354 e. The summed E-state index contributed by atoms with van der Waals surface area (Å²) in [7, 11) is 0. The lowest BCUT2D eigenvalue weighted by molar-refractivity contribution is 0.0933. The van der Waals surface area contributed by atoms with Crippen LogP contribution >= 0.6 is 0 Å². The van der Waals surface area contributed by atoms with Crippen molar-refractivity contribution in [2.75, 3.05) is 5.32 Å². The number of carbonyl (C=O) groups is 1. The number of aryl methyl sites for hydroxylation is 1. The predicted octanol–water partition coefficient (Wildman–Crippen LogP) is 4.73. The molecule has 6 nitrogen and oxygen atoms in total. The summed E-state index contributed by atoms with van der Waals surface area (Å²) in [4.78, 5) is 25.4. The number of H-pyrrole nitrogens is 1. The summed E-state index contributed by atoms with van der Waals surface area (Å²) in [6.07, 6.45) is 3.47. The maximum Gasteiger partial charge on any atom is 0.268 e. The third-order valence-corrected chi connectivity index (χ3v) is 5.99. The minimum absolute atomic E-state index is 0.0775. The topological polar surface area (TPSA) is 82.7 Å². The summed E-state index contributed by atoms with van der Waals surface area (Å²) in [5, 5.41) is 6.43. The lowest BCUT2D eigenvalue weighted by Gasteiger charge is -2.12. The maximum absolute atomic E-state index is 13.1. The van der Waals surface area contributed by atoms with Gasteiger partial charge in [0.15, 0.2) is 0 Å². The fraction of sp³-hybridized carbons (Fsp3) is 0.192. The van der Waals surface area contributed by atoms with Gasteiger partial charge in [0.2, 0.25) is 5.95 Å². The van der Waals surface area contributed by atoms with E-state index in [1.807, 2.05) is 50.2 Å². The molecule has 0 radical (unpaired) electrons. The van der Waals surface area contributed by atoms with Gasteiger partial charge in [-0.2, -0.15) is 0 Å². The average molecular weight is 424 g/mol. The molecule has 0 spiro atoms. The van der Waals surface area contributed by atoms with Crippen molar-refractivity contribution in [2.45, 2.75) is 32.7 Å². The van der Waals surface area contributed by atoms with E-state index in [-0.39, 0.29) is 11.9 Å². The Labute approximate surface area is 187 Å². The molecule has 5 rings (SSSR count). The Morgan fingerprint density at radius 2 is 1.66 bits per heavy atom. The zero-order valence-electron chi connectivity index (χ0n) is 18.1. The Kier molecular flexibility index (Phi) is 5.19. The molecule has 0 aliphatic heterocycles. The highest BCUT2D eigenvalue weighted by atomic mass is 16.2. The van der Waals surface area contributed by atoms with E-state index >= 15 is 0 Å². The van der Waals surface area contributed by atoms with Gasteiger partial charge in [0, 0.05) is 29.2 Å². The van der Waals surface area contributed by atoms with Gasteiger partial charge in [-0.3, -0.25) is 4.79 Å². The molecule has 2 heterocycles. The highest BCUT2D eigenvalue weighted by Gasteiger charge is 2.25. The number of aromatic amines is 1. The third-order valence-electron chi connectivity index (χ3n) is 5.99. The van der Waals surface area contributed by atoms with Crippen molar-refractivity contribution in [3.63, 3.8) is 0 Å². The van der Waals surface area contributed by atoms with Gasteiger partial charge in [-0.1, -0.05) is 42.5 Å². The van der Waals surface area contributed by atoms with Gasteiger partial charge >= 0.3 is 0 Å². The lowest BCUT2D eigenvalue weighted by Crippen LogP contribution is -2.35. The van der Waals surface area contributed by atoms with Crippen molar-refractivity contribution in [2.24, 2.45) is 0 Å². The number of nitrogens with zero attached hydrogens (tertiary/aromatic N) is 2. The summed E-state index contributed by atoms with van der Waals surface area (Å²) < 4.78 is 0. The third kappa shape index (κ3) is 3.87. The average Bonchev–Trinajstić information content (AvgIpc) is 3.34. The second-order valence-corrected chi connectivity index (χ2v) is 8.23. The Morgan fingerprint density at radius 1 is 0.969 bits per heavy atom. The molecule has 2 aromatic carbocycles. The monoisotopic (exact) mass is 423 g/mol. The first-order valence-electron chi connectivity index (χ1n) is 10.8. The van der Waals surface area contributed by atoms with Crippen molar-refractivity contribution in [3.05, 3.63) is 94.9 Å². The van der Waals surface area contributed by atoms with E-state index in [0.29, 0.717) is 11.6 Å². The van der Waals surface area contributed by atoms with Crippen LogP contribution in [0.15, 0.2) is 66.9 Å². The summed E-state index contributed by atoms with van der Waals surface area (Å²) in [6.45, 7) is 3.93. The molecular formula is C26H25N5O. The number of benzene rings is 2. The molecule has 4 aromatic rings. The van der Waals surface area contributed by atoms with Gasteiger partial charge in [-0.05, 0) is 61.6 Å². The van der Waals surface area contributed by atoms with Gasteiger partial charge in [-0.25, -0.2) is 9.97 Å². The van der Waals surface area contributed by atoms with Crippen LogP contribution in [0.25, 0.3) is 11.3 Å². The number of nitrogens with one attached hydrogen (secondary N) is 3.